The van der Waals surface area contributed by atoms with Crippen LogP contribution in [0.15, 0.2) is 52.3 Å². The van der Waals surface area contributed by atoms with Gasteiger partial charge in [0, 0.05) is 31.1 Å². The summed E-state index contributed by atoms with van der Waals surface area (Å²) in [5, 5.41) is 0. The van der Waals surface area contributed by atoms with Crippen LogP contribution in [0.5, 0.6) is 0 Å². The molecule has 0 atom stereocenters. The number of hydrogen-bond acceptors (Lipinski definition) is 4. The molecule has 0 unspecified atom stereocenters. The van der Waals surface area contributed by atoms with Gasteiger partial charge in [-0.15, -0.1) is 12.6 Å². The summed E-state index contributed by atoms with van der Waals surface area (Å²) in [7, 11) is -3.54. The Bertz CT molecular complexity index is 934. The highest BCUT2D eigenvalue weighted by molar-refractivity contribution is 7.89. The molecule has 1 heterocycles. The van der Waals surface area contributed by atoms with E-state index >= 15 is 0 Å². The molecule has 2 aromatic rings. The minimum atomic E-state index is -3.54. The predicted molar refractivity (Wildman–Crippen MR) is 104 cm³/mol. The third-order valence-electron chi connectivity index (χ3n) is 4.78. The second-order valence-electron chi connectivity index (χ2n) is 6.46. The third-order valence-corrected chi connectivity index (χ3v) is 7.06. The standard InChI is InChI=1S/C19H22N2O3S2/c1-14-7-8-16(13-15(14)2)26(23,24)21-11-9-20(10-12-21)19(22)17-5-3-4-6-18(17)25/h3-8,13,25H,9-12H2,1-2H3. The summed E-state index contributed by atoms with van der Waals surface area (Å²) in [6.07, 6.45) is 0. The molecule has 1 aliphatic rings. The Morgan fingerprint density at radius 3 is 2.23 bits per heavy atom. The van der Waals surface area contributed by atoms with Crippen molar-refractivity contribution in [3.63, 3.8) is 0 Å². The average Bonchev–Trinajstić information content (AvgIpc) is 2.64. The van der Waals surface area contributed by atoms with Crippen LogP contribution in [0.2, 0.25) is 0 Å². The van der Waals surface area contributed by atoms with Gasteiger partial charge in [-0.05, 0) is 49.2 Å². The summed E-state index contributed by atoms with van der Waals surface area (Å²) in [6, 6.07) is 12.3. The van der Waals surface area contributed by atoms with Gasteiger partial charge in [0.05, 0.1) is 10.5 Å². The van der Waals surface area contributed by atoms with Crippen LogP contribution >= 0.6 is 12.6 Å². The highest BCUT2D eigenvalue weighted by atomic mass is 32.2. The maximum atomic E-state index is 12.9. The molecule has 0 radical (unpaired) electrons. The van der Waals surface area contributed by atoms with Crippen molar-refractivity contribution in [2.24, 2.45) is 0 Å². The molecule has 26 heavy (non-hydrogen) atoms. The molecule has 1 aliphatic heterocycles. The number of carbonyl (C=O) groups excluding carboxylic acids is 1. The number of carbonyl (C=O) groups is 1. The lowest BCUT2D eigenvalue weighted by Crippen LogP contribution is -2.50. The van der Waals surface area contributed by atoms with Crippen LogP contribution < -0.4 is 0 Å². The van der Waals surface area contributed by atoms with Crippen molar-refractivity contribution in [3.8, 4) is 0 Å². The normalized spacial score (nSPS) is 15.9. The van der Waals surface area contributed by atoms with Gasteiger partial charge in [0.25, 0.3) is 5.91 Å². The van der Waals surface area contributed by atoms with Crippen molar-refractivity contribution in [2.45, 2.75) is 23.6 Å². The molecule has 0 N–H and O–H groups in total. The number of amides is 1. The molecule has 3 rings (SSSR count). The number of benzene rings is 2. The molecule has 5 nitrogen and oxygen atoms in total. The lowest BCUT2D eigenvalue weighted by atomic mass is 10.1. The van der Waals surface area contributed by atoms with E-state index in [0.29, 0.717) is 28.4 Å². The largest absolute Gasteiger partial charge is 0.336 e. The molecule has 1 fully saturated rings. The number of aryl methyl sites for hydroxylation is 2. The fourth-order valence-corrected chi connectivity index (χ4v) is 4.74. The second-order valence-corrected chi connectivity index (χ2v) is 8.88. The van der Waals surface area contributed by atoms with Gasteiger partial charge in [0.1, 0.15) is 0 Å². The molecule has 0 aromatic heterocycles. The van der Waals surface area contributed by atoms with Gasteiger partial charge >= 0.3 is 0 Å². The fraction of sp³-hybridized carbons (Fsp3) is 0.316. The van der Waals surface area contributed by atoms with E-state index in [4.69, 9.17) is 0 Å². The Kier molecular flexibility index (Phi) is 5.41. The zero-order valence-corrected chi connectivity index (χ0v) is 16.6. The van der Waals surface area contributed by atoms with Crippen LogP contribution in [0.25, 0.3) is 0 Å². The number of thiol groups is 1. The molecule has 0 saturated carbocycles. The Labute approximate surface area is 160 Å². The Balaban J connectivity index is 1.72. The summed E-state index contributed by atoms with van der Waals surface area (Å²) in [5.74, 6) is -0.112. The summed E-state index contributed by atoms with van der Waals surface area (Å²) in [4.78, 5) is 15.3. The van der Waals surface area contributed by atoms with E-state index in [-0.39, 0.29) is 19.0 Å². The zero-order valence-electron chi connectivity index (χ0n) is 14.8. The van der Waals surface area contributed by atoms with Crippen molar-refractivity contribution >= 4 is 28.6 Å². The second kappa shape index (κ2) is 7.42. The smallest absolute Gasteiger partial charge is 0.255 e. The van der Waals surface area contributed by atoms with Gasteiger partial charge in [-0.1, -0.05) is 18.2 Å². The van der Waals surface area contributed by atoms with E-state index in [9.17, 15) is 13.2 Å². The van der Waals surface area contributed by atoms with E-state index in [1.54, 1.807) is 35.2 Å². The van der Waals surface area contributed by atoms with E-state index in [2.05, 4.69) is 12.6 Å². The van der Waals surface area contributed by atoms with E-state index in [0.717, 1.165) is 11.1 Å². The molecule has 0 spiro atoms. The van der Waals surface area contributed by atoms with E-state index < -0.39 is 10.0 Å². The molecule has 138 valence electrons. The Hall–Kier alpha value is -1.83. The van der Waals surface area contributed by atoms with Gasteiger partial charge in [0.2, 0.25) is 10.0 Å². The first-order valence-electron chi connectivity index (χ1n) is 8.45. The van der Waals surface area contributed by atoms with E-state index in [1.165, 1.54) is 4.31 Å². The SMILES string of the molecule is Cc1ccc(S(=O)(=O)N2CCN(C(=O)c3ccccc3S)CC2)cc1C. The molecular formula is C19H22N2O3S2. The lowest BCUT2D eigenvalue weighted by Gasteiger charge is -2.34. The summed E-state index contributed by atoms with van der Waals surface area (Å²) < 4.78 is 27.2. The summed E-state index contributed by atoms with van der Waals surface area (Å²) in [6.45, 7) is 5.16. The molecule has 0 bridgehead atoms. The Morgan fingerprint density at radius 2 is 1.62 bits per heavy atom. The fourth-order valence-electron chi connectivity index (χ4n) is 2.98. The lowest BCUT2D eigenvalue weighted by molar-refractivity contribution is 0.0694. The van der Waals surface area contributed by atoms with Gasteiger partial charge < -0.3 is 4.90 Å². The van der Waals surface area contributed by atoms with Gasteiger partial charge in [-0.2, -0.15) is 4.31 Å². The zero-order chi connectivity index (χ0) is 18.9. The van der Waals surface area contributed by atoms with Crippen LogP contribution in [0.4, 0.5) is 0 Å². The molecule has 2 aromatic carbocycles. The maximum absolute atomic E-state index is 12.9. The quantitative estimate of drug-likeness (QED) is 0.820. The maximum Gasteiger partial charge on any atom is 0.255 e. The van der Waals surface area contributed by atoms with Gasteiger partial charge in [0.15, 0.2) is 0 Å². The molecular weight excluding hydrogens is 368 g/mol. The number of sulfonamides is 1. The van der Waals surface area contributed by atoms with Crippen molar-refractivity contribution < 1.29 is 13.2 Å². The van der Waals surface area contributed by atoms with Crippen LogP contribution in [0.1, 0.15) is 21.5 Å². The first-order chi connectivity index (χ1) is 12.3. The molecule has 7 heteroatoms. The number of nitrogens with zero attached hydrogens (tertiary/aromatic N) is 2. The summed E-state index contributed by atoms with van der Waals surface area (Å²) in [5.41, 5.74) is 2.55. The number of piperazine rings is 1. The van der Waals surface area contributed by atoms with Gasteiger partial charge in [-0.25, -0.2) is 8.42 Å². The van der Waals surface area contributed by atoms with Crippen LogP contribution in [0.3, 0.4) is 0 Å². The summed E-state index contributed by atoms with van der Waals surface area (Å²) >= 11 is 4.33. The van der Waals surface area contributed by atoms with Crippen LogP contribution in [-0.2, 0) is 10.0 Å². The first-order valence-corrected chi connectivity index (χ1v) is 10.3. The average molecular weight is 391 g/mol. The van der Waals surface area contributed by atoms with E-state index in [1.807, 2.05) is 26.0 Å². The van der Waals surface area contributed by atoms with Crippen molar-refractivity contribution in [1.29, 1.82) is 0 Å². The highest BCUT2D eigenvalue weighted by Gasteiger charge is 2.30. The topological polar surface area (TPSA) is 57.7 Å². The predicted octanol–water partition coefficient (Wildman–Crippen LogP) is 2.74. The minimum Gasteiger partial charge on any atom is -0.336 e. The third kappa shape index (κ3) is 3.65. The highest BCUT2D eigenvalue weighted by Crippen LogP contribution is 2.22. The van der Waals surface area contributed by atoms with Crippen molar-refractivity contribution in [3.05, 3.63) is 59.2 Å². The minimum absolute atomic E-state index is 0.112. The van der Waals surface area contributed by atoms with Crippen LogP contribution in [-0.4, -0.2) is 49.7 Å². The van der Waals surface area contributed by atoms with Gasteiger partial charge in [-0.3, -0.25) is 4.79 Å². The number of rotatable bonds is 3. The Morgan fingerprint density at radius 1 is 0.962 bits per heavy atom. The van der Waals surface area contributed by atoms with Crippen molar-refractivity contribution in [2.75, 3.05) is 26.2 Å². The monoisotopic (exact) mass is 390 g/mol. The molecule has 0 aliphatic carbocycles. The molecule has 1 saturated heterocycles. The first kappa shape index (κ1) is 18.9. The van der Waals surface area contributed by atoms with Crippen LogP contribution in [0, 0.1) is 13.8 Å². The molecule has 1 amide bonds. The van der Waals surface area contributed by atoms with Crippen molar-refractivity contribution in [1.82, 2.24) is 9.21 Å². The number of hydrogen-bond donors (Lipinski definition) is 1.